The molecule has 0 amide bonds. The molecule has 6 heteroatoms. The molecule has 1 saturated carbocycles. The van der Waals surface area contributed by atoms with E-state index in [1.54, 1.807) is 12.1 Å². The monoisotopic (exact) mass is 260 g/mol. The molecule has 1 fully saturated rings. The van der Waals surface area contributed by atoms with Gasteiger partial charge in [-0.3, -0.25) is 0 Å². The Kier molecular flexibility index (Phi) is 2.03. The van der Waals surface area contributed by atoms with E-state index in [0.717, 1.165) is 0 Å². The maximum absolute atomic E-state index is 13.0. The third kappa shape index (κ3) is 1.45. The van der Waals surface area contributed by atoms with Crippen molar-refractivity contribution in [2.24, 2.45) is 0 Å². The molecule has 1 aliphatic carbocycles. The lowest BCUT2D eigenvalue weighted by Gasteiger charge is -2.17. The molecule has 3 rings (SSSR count). The van der Waals surface area contributed by atoms with Gasteiger partial charge in [-0.15, -0.1) is 0 Å². The minimum absolute atomic E-state index is 0.0664. The summed E-state index contributed by atoms with van der Waals surface area (Å²) in [6, 6.07) is 3.16. The van der Waals surface area contributed by atoms with E-state index >= 15 is 0 Å². The smallest absolute Gasteiger partial charge is 0.303 e. The van der Waals surface area contributed by atoms with Crippen molar-refractivity contribution in [2.45, 2.75) is 24.4 Å². The van der Waals surface area contributed by atoms with E-state index in [0.29, 0.717) is 10.5 Å². The normalized spacial score (nSPS) is 18.6. The van der Waals surface area contributed by atoms with E-state index in [4.69, 9.17) is 11.6 Å². The van der Waals surface area contributed by atoms with Crippen LogP contribution >= 0.6 is 11.6 Å². The Hall–Kier alpha value is -1.23. The van der Waals surface area contributed by atoms with Crippen molar-refractivity contribution in [1.29, 1.82) is 0 Å². The lowest BCUT2D eigenvalue weighted by atomic mass is 10.1. The Morgan fingerprint density at radius 2 is 2.06 bits per heavy atom. The number of hydrogen-bond donors (Lipinski definition) is 0. The number of alkyl halides is 3. The average Bonchev–Trinajstić information content (AvgIpc) is 2.94. The lowest BCUT2D eigenvalue weighted by molar-refractivity contribution is -0.162. The summed E-state index contributed by atoms with van der Waals surface area (Å²) >= 11 is 5.78. The fourth-order valence-electron chi connectivity index (χ4n) is 2.09. The minimum atomic E-state index is -4.24. The van der Waals surface area contributed by atoms with Gasteiger partial charge in [-0.1, -0.05) is 11.6 Å². The van der Waals surface area contributed by atoms with Crippen LogP contribution in [-0.4, -0.2) is 15.6 Å². The third-order valence-corrected chi connectivity index (χ3v) is 3.45. The first-order valence-corrected chi connectivity index (χ1v) is 5.52. The molecule has 0 aromatic carbocycles. The van der Waals surface area contributed by atoms with Crippen LogP contribution in [0.25, 0.3) is 5.52 Å². The number of rotatable bonds is 1. The molecule has 0 atom stereocenters. The summed E-state index contributed by atoms with van der Waals surface area (Å²) in [6.45, 7) is 0. The zero-order chi connectivity index (χ0) is 12.3. The summed E-state index contributed by atoms with van der Waals surface area (Å²) < 4.78 is 40.4. The fraction of sp³-hybridized carbons (Fsp3) is 0.364. The molecule has 0 bridgehead atoms. The molecule has 2 nitrogen and oxygen atoms in total. The summed E-state index contributed by atoms with van der Waals surface area (Å²) in [5.74, 6) is 0.0664. The highest BCUT2D eigenvalue weighted by atomic mass is 35.5. The van der Waals surface area contributed by atoms with Crippen LogP contribution in [0, 0.1) is 0 Å². The molecule has 2 aromatic rings. The molecular weight excluding hydrogens is 253 g/mol. The van der Waals surface area contributed by atoms with E-state index in [1.807, 2.05) is 0 Å². The van der Waals surface area contributed by atoms with Crippen LogP contribution in [0.2, 0.25) is 5.02 Å². The highest BCUT2D eigenvalue weighted by molar-refractivity contribution is 6.30. The number of imidazole rings is 1. The molecule has 0 radical (unpaired) electrons. The van der Waals surface area contributed by atoms with Crippen molar-refractivity contribution in [3.05, 3.63) is 35.4 Å². The first-order valence-electron chi connectivity index (χ1n) is 5.14. The van der Waals surface area contributed by atoms with Crippen molar-refractivity contribution in [2.75, 3.05) is 0 Å². The summed E-state index contributed by atoms with van der Waals surface area (Å²) in [7, 11) is 0. The zero-order valence-corrected chi connectivity index (χ0v) is 9.39. The SMILES string of the molecule is FC(F)(F)C1(c2ncc3cc(Cl)ccn23)CC1. The number of hydrogen-bond acceptors (Lipinski definition) is 1. The standard InChI is InChI=1S/C11H8ClF3N2/c12-7-1-4-17-8(5-7)6-16-9(17)10(2-3-10)11(13,14)15/h1,4-6H,2-3H2. The Labute approximate surface area is 100 Å². The Balaban J connectivity index is 2.20. The fourth-order valence-corrected chi connectivity index (χ4v) is 2.25. The molecule has 0 saturated heterocycles. The van der Waals surface area contributed by atoms with E-state index in [-0.39, 0.29) is 18.7 Å². The minimum Gasteiger partial charge on any atom is -0.303 e. The van der Waals surface area contributed by atoms with Crippen LogP contribution in [0.15, 0.2) is 24.5 Å². The lowest BCUT2D eigenvalue weighted by Crippen LogP contribution is -2.30. The van der Waals surface area contributed by atoms with Crippen LogP contribution in [0.4, 0.5) is 13.2 Å². The van der Waals surface area contributed by atoms with E-state index in [9.17, 15) is 13.2 Å². The maximum Gasteiger partial charge on any atom is 0.401 e. The molecule has 17 heavy (non-hydrogen) atoms. The Morgan fingerprint density at radius 3 is 2.65 bits per heavy atom. The molecule has 0 N–H and O–H groups in total. The number of fused-ring (bicyclic) bond motifs is 1. The Morgan fingerprint density at radius 1 is 1.35 bits per heavy atom. The van der Waals surface area contributed by atoms with E-state index in [1.165, 1.54) is 16.8 Å². The van der Waals surface area contributed by atoms with Crippen molar-refractivity contribution in [3.63, 3.8) is 0 Å². The van der Waals surface area contributed by atoms with Gasteiger partial charge in [-0.2, -0.15) is 13.2 Å². The number of aromatic nitrogens is 2. The molecule has 0 unspecified atom stereocenters. The third-order valence-electron chi connectivity index (χ3n) is 3.21. The van der Waals surface area contributed by atoms with Gasteiger partial charge in [0, 0.05) is 11.2 Å². The van der Waals surface area contributed by atoms with Gasteiger partial charge < -0.3 is 4.40 Å². The summed E-state index contributed by atoms with van der Waals surface area (Å²) in [6.07, 6.45) is -1.07. The predicted molar refractivity (Wildman–Crippen MR) is 57.2 cm³/mol. The van der Waals surface area contributed by atoms with Crippen molar-refractivity contribution in [3.8, 4) is 0 Å². The maximum atomic E-state index is 13.0. The molecule has 1 aliphatic rings. The number of pyridine rings is 1. The number of halogens is 4. The van der Waals surface area contributed by atoms with Crippen molar-refractivity contribution in [1.82, 2.24) is 9.38 Å². The number of nitrogens with zero attached hydrogens (tertiary/aromatic N) is 2. The Bertz CT molecular complexity index is 584. The van der Waals surface area contributed by atoms with Crippen molar-refractivity contribution >= 4 is 17.1 Å². The van der Waals surface area contributed by atoms with Crippen LogP contribution in [-0.2, 0) is 5.41 Å². The second kappa shape index (κ2) is 3.16. The van der Waals surface area contributed by atoms with Gasteiger partial charge >= 0.3 is 6.18 Å². The van der Waals surface area contributed by atoms with Gasteiger partial charge in [-0.05, 0) is 25.0 Å². The van der Waals surface area contributed by atoms with Gasteiger partial charge in [0.05, 0.1) is 11.7 Å². The summed E-state index contributed by atoms with van der Waals surface area (Å²) in [4.78, 5) is 3.92. The quantitative estimate of drug-likeness (QED) is 0.766. The van der Waals surface area contributed by atoms with Crippen LogP contribution < -0.4 is 0 Å². The molecule has 2 heterocycles. The van der Waals surface area contributed by atoms with Gasteiger partial charge in [0.15, 0.2) is 0 Å². The van der Waals surface area contributed by atoms with Crippen LogP contribution in [0.1, 0.15) is 18.7 Å². The van der Waals surface area contributed by atoms with Gasteiger partial charge in [0.2, 0.25) is 0 Å². The first kappa shape index (κ1) is 10.9. The topological polar surface area (TPSA) is 17.3 Å². The van der Waals surface area contributed by atoms with E-state index in [2.05, 4.69) is 4.98 Å². The highest BCUT2D eigenvalue weighted by Gasteiger charge is 2.66. The second-order valence-electron chi connectivity index (χ2n) is 4.30. The summed E-state index contributed by atoms with van der Waals surface area (Å²) in [5, 5.41) is 0.487. The van der Waals surface area contributed by atoms with Crippen LogP contribution in [0.5, 0.6) is 0 Å². The van der Waals surface area contributed by atoms with E-state index < -0.39 is 11.6 Å². The molecular formula is C11H8ClF3N2. The highest BCUT2D eigenvalue weighted by Crippen LogP contribution is 2.58. The van der Waals surface area contributed by atoms with Crippen LogP contribution in [0.3, 0.4) is 0 Å². The predicted octanol–water partition coefficient (Wildman–Crippen LogP) is 3.58. The molecule has 0 spiro atoms. The summed E-state index contributed by atoms with van der Waals surface area (Å²) in [5.41, 5.74) is -1.17. The zero-order valence-electron chi connectivity index (χ0n) is 8.63. The largest absolute Gasteiger partial charge is 0.401 e. The molecule has 2 aromatic heterocycles. The van der Waals surface area contributed by atoms with Gasteiger partial charge in [-0.25, -0.2) is 4.98 Å². The van der Waals surface area contributed by atoms with Gasteiger partial charge in [0.1, 0.15) is 11.2 Å². The molecule has 90 valence electrons. The molecule has 0 aliphatic heterocycles. The van der Waals surface area contributed by atoms with Crippen molar-refractivity contribution < 1.29 is 13.2 Å². The first-order chi connectivity index (χ1) is 7.94. The second-order valence-corrected chi connectivity index (χ2v) is 4.74. The van der Waals surface area contributed by atoms with Gasteiger partial charge in [0.25, 0.3) is 0 Å². The average molecular weight is 261 g/mol.